The Morgan fingerprint density at radius 1 is 1.23 bits per heavy atom. The number of para-hydroxylation sites is 1. The third-order valence-corrected chi connectivity index (χ3v) is 7.25. The molecule has 31 heavy (non-hydrogen) atoms. The Kier molecular flexibility index (Phi) is 5.20. The molecule has 0 N–H and O–H groups in total. The summed E-state index contributed by atoms with van der Waals surface area (Å²) in [6.07, 6.45) is 1.04. The van der Waals surface area contributed by atoms with Crippen molar-refractivity contribution in [1.29, 1.82) is 0 Å². The molecule has 0 saturated carbocycles. The lowest BCUT2D eigenvalue weighted by Crippen LogP contribution is -2.23. The molecule has 0 bridgehead atoms. The molecule has 0 aliphatic carbocycles. The van der Waals surface area contributed by atoms with Crippen LogP contribution in [-0.4, -0.2) is 50.0 Å². The highest BCUT2D eigenvalue weighted by molar-refractivity contribution is 7.21. The molecule has 6 heteroatoms. The van der Waals surface area contributed by atoms with E-state index < -0.39 is 0 Å². The van der Waals surface area contributed by atoms with E-state index in [2.05, 4.69) is 29.2 Å². The van der Waals surface area contributed by atoms with E-state index >= 15 is 0 Å². The summed E-state index contributed by atoms with van der Waals surface area (Å²) in [6.45, 7) is 2.66. The number of carbonyl (C=O) groups is 1. The number of nitrogens with zero attached hydrogens (tertiary/aromatic N) is 2. The number of thiophene rings is 1. The van der Waals surface area contributed by atoms with E-state index in [1.807, 2.05) is 38.4 Å². The largest absolute Gasteiger partial charge is 0.493 e. The molecule has 1 fully saturated rings. The first-order valence-corrected chi connectivity index (χ1v) is 11.4. The predicted octanol–water partition coefficient (Wildman–Crippen LogP) is 5.35. The van der Waals surface area contributed by atoms with Gasteiger partial charge in [-0.05, 0) is 42.1 Å². The number of fused-ring (bicyclic) bond motifs is 2. The number of ether oxygens (including phenoxy) is 1. The average molecular weight is 435 g/mol. The fraction of sp³-hybridized carbons (Fsp3) is 0.320. The number of furan rings is 1. The lowest BCUT2D eigenvalue weighted by molar-refractivity contribution is 0.0831. The maximum atomic E-state index is 12.9. The maximum Gasteiger partial charge on any atom is 0.263 e. The Labute approximate surface area is 185 Å². The standard InChI is InChI=1S/C25H26N2O3S/c1-26(2)25(28)24-22(19-8-4-5-10-21(19)31-24)17-11-12-27(14-17)15-18-13-16-7-6-9-20(29-3)23(16)30-18/h4-10,13,17H,11-12,14-15H2,1-3H3/t17-/m0/s1. The summed E-state index contributed by atoms with van der Waals surface area (Å²) >= 11 is 1.62. The van der Waals surface area contributed by atoms with Crippen molar-refractivity contribution >= 4 is 38.3 Å². The second kappa shape index (κ2) is 8.02. The molecule has 1 aliphatic heterocycles. The van der Waals surface area contributed by atoms with E-state index in [1.165, 1.54) is 15.6 Å². The Bertz CT molecular complexity index is 1260. The molecule has 1 atom stereocenters. The summed E-state index contributed by atoms with van der Waals surface area (Å²) in [7, 11) is 5.32. The first-order chi connectivity index (χ1) is 15.0. The number of amides is 1. The van der Waals surface area contributed by atoms with Crippen molar-refractivity contribution < 1.29 is 13.9 Å². The summed E-state index contributed by atoms with van der Waals surface area (Å²) in [4.78, 5) is 17.9. The van der Waals surface area contributed by atoms with Crippen LogP contribution in [0, 0.1) is 0 Å². The highest BCUT2D eigenvalue weighted by atomic mass is 32.1. The summed E-state index contributed by atoms with van der Waals surface area (Å²) in [5, 5.41) is 2.28. The van der Waals surface area contributed by atoms with E-state index in [9.17, 15) is 4.79 Å². The minimum Gasteiger partial charge on any atom is -0.493 e. The van der Waals surface area contributed by atoms with Crippen LogP contribution in [0.5, 0.6) is 5.75 Å². The first kappa shape index (κ1) is 20.1. The smallest absolute Gasteiger partial charge is 0.263 e. The van der Waals surface area contributed by atoms with E-state index in [1.54, 1.807) is 23.3 Å². The topological polar surface area (TPSA) is 45.9 Å². The van der Waals surface area contributed by atoms with Gasteiger partial charge in [0.15, 0.2) is 11.3 Å². The lowest BCUT2D eigenvalue weighted by atomic mass is 9.95. The fourth-order valence-corrected chi connectivity index (χ4v) is 5.90. The van der Waals surface area contributed by atoms with Crippen LogP contribution >= 0.6 is 11.3 Å². The molecule has 1 aliphatic rings. The molecule has 2 aromatic carbocycles. The molecular formula is C25H26N2O3S. The highest BCUT2D eigenvalue weighted by Gasteiger charge is 2.31. The van der Waals surface area contributed by atoms with Crippen molar-refractivity contribution in [2.24, 2.45) is 0 Å². The van der Waals surface area contributed by atoms with Gasteiger partial charge in [-0.2, -0.15) is 0 Å². The molecule has 5 nitrogen and oxygen atoms in total. The Morgan fingerprint density at radius 2 is 2.06 bits per heavy atom. The van der Waals surface area contributed by atoms with Gasteiger partial charge < -0.3 is 14.1 Å². The van der Waals surface area contributed by atoms with Crippen LogP contribution in [0.15, 0.2) is 52.9 Å². The van der Waals surface area contributed by atoms with Crippen molar-refractivity contribution in [3.8, 4) is 5.75 Å². The third-order valence-electron chi connectivity index (χ3n) is 6.07. The van der Waals surface area contributed by atoms with E-state index in [4.69, 9.17) is 9.15 Å². The zero-order valence-electron chi connectivity index (χ0n) is 18.1. The zero-order chi connectivity index (χ0) is 21.5. The van der Waals surface area contributed by atoms with Gasteiger partial charge in [0.25, 0.3) is 5.91 Å². The molecule has 1 amide bonds. The van der Waals surface area contributed by atoms with Gasteiger partial charge in [0, 0.05) is 36.6 Å². The molecular weight excluding hydrogens is 408 g/mol. The van der Waals surface area contributed by atoms with Gasteiger partial charge in [-0.15, -0.1) is 11.3 Å². The van der Waals surface area contributed by atoms with Crippen molar-refractivity contribution in [2.45, 2.75) is 18.9 Å². The Hall–Kier alpha value is -2.83. The predicted molar refractivity (Wildman–Crippen MR) is 125 cm³/mol. The molecule has 4 aromatic rings. The van der Waals surface area contributed by atoms with Crippen molar-refractivity contribution in [2.75, 3.05) is 34.3 Å². The first-order valence-electron chi connectivity index (χ1n) is 10.6. The normalized spacial score (nSPS) is 16.9. The fourth-order valence-electron chi connectivity index (χ4n) is 4.59. The van der Waals surface area contributed by atoms with Crippen LogP contribution in [0.2, 0.25) is 0 Å². The second-order valence-corrected chi connectivity index (χ2v) is 9.40. The Morgan fingerprint density at radius 3 is 2.87 bits per heavy atom. The van der Waals surface area contributed by atoms with Gasteiger partial charge in [0.2, 0.25) is 0 Å². The second-order valence-electron chi connectivity index (χ2n) is 8.35. The Balaban J connectivity index is 1.42. The van der Waals surface area contributed by atoms with Gasteiger partial charge in [-0.3, -0.25) is 9.69 Å². The third kappa shape index (κ3) is 3.60. The highest BCUT2D eigenvalue weighted by Crippen LogP contribution is 2.41. The number of hydrogen-bond acceptors (Lipinski definition) is 5. The molecule has 2 aromatic heterocycles. The van der Waals surface area contributed by atoms with Gasteiger partial charge in [-0.25, -0.2) is 0 Å². The van der Waals surface area contributed by atoms with Crippen molar-refractivity contribution in [3.63, 3.8) is 0 Å². The zero-order valence-corrected chi connectivity index (χ0v) is 18.9. The minimum atomic E-state index is 0.0963. The van der Waals surface area contributed by atoms with Crippen LogP contribution in [-0.2, 0) is 6.54 Å². The summed E-state index contributed by atoms with van der Waals surface area (Å²) in [5.74, 6) is 2.15. The van der Waals surface area contributed by atoms with Crippen LogP contribution < -0.4 is 4.74 Å². The van der Waals surface area contributed by atoms with Gasteiger partial charge in [0.05, 0.1) is 18.5 Å². The van der Waals surface area contributed by atoms with Crippen molar-refractivity contribution in [3.05, 3.63) is 64.7 Å². The molecule has 3 heterocycles. The number of likely N-dealkylation sites (tertiary alicyclic amines) is 1. The number of methoxy groups -OCH3 is 1. The number of hydrogen-bond donors (Lipinski definition) is 0. The van der Waals surface area contributed by atoms with Gasteiger partial charge in [0.1, 0.15) is 5.76 Å². The van der Waals surface area contributed by atoms with E-state index in [-0.39, 0.29) is 5.91 Å². The number of benzene rings is 2. The van der Waals surface area contributed by atoms with Crippen LogP contribution in [0.4, 0.5) is 0 Å². The summed E-state index contributed by atoms with van der Waals surface area (Å²) in [5.41, 5.74) is 2.02. The van der Waals surface area contributed by atoms with E-state index in [0.717, 1.165) is 53.4 Å². The molecule has 0 radical (unpaired) electrons. The van der Waals surface area contributed by atoms with Gasteiger partial charge >= 0.3 is 0 Å². The SMILES string of the molecule is COc1cccc2cc(CN3CC[C@H](c4c(C(=O)N(C)C)sc5ccccc45)C3)oc12. The van der Waals surface area contributed by atoms with Crippen molar-refractivity contribution in [1.82, 2.24) is 9.80 Å². The number of rotatable bonds is 5. The molecule has 0 unspecified atom stereocenters. The quantitative estimate of drug-likeness (QED) is 0.425. The lowest BCUT2D eigenvalue weighted by Gasteiger charge is -2.17. The maximum absolute atomic E-state index is 12.9. The molecule has 1 saturated heterocycles. The monoisotopic (exact) mass is 434 g/mol. The molecule has 0 spiro atoms. The summed E-state index contributed by atoms with van der Waals surface area (Å²) in [6, 6.07) is 16.4. The molecule has 5 rings (SSSR count). The summed E-state index contributed by atoms with van der Waals surface area (Å²) < 4.78 is 12.7. The van der Waals surface area contributed by atoms with Crippen LogP contribution in [0.25, 0.3) is 21.1 Å². The molecule has 160 valence electrons. The van der Waals surface area contributed by atoms with E-state index in [0.29, 0.717) is 5.92 Å². The minimum absolute atomic E-state index is 0.0963. The van der Waals surface area contributed by atoms with Gasteiger partial charge in [-0.1, -0.05) is 30.3 Å². The van der Waals surface area contributed by atoms with Crippen LogP contribution in [0.3, 0.4) is 0 Å². The van der Waals surface area contributed by atoms with Crippen LogP contribution in [0.1, 0.15) is 33.3 Å². The number of carbonyl (C=O) groups excluding carboxylic acids is 1. The average Bonchev–Trinajstić information content (AvgIpc) is 3.48.